The van der Waals surface area contributed by atoms with Crippen molar-refractivity contribution < 1.29 is 4.79 Å². The molecule has 1 aliphatic rings. The van der Waals surface area contributed by atoms with Crippen LogP contribution in [0.5, 0.6) is 0 Å². The minimum absolute atomic E-state index is 0.00621. The summed E-state index contributed by atoms with van der Waals surface area (Å²) in [6.45, 7) is 2.67. The zero-order valence-electron chi connectivity index (χ0n) is 13.9. The van der Waals surface area contributed by atoms with Crippen LogP contribution < -0.4 is 5.56 Å². The van der Waals surface area contributed by atoms with Crippen molar-refractivity contribution in [3.8, 4) is 0 Å². The van der Waals surface area contributed by atoms with E-state index >= 15 is 0 Å². The van der Waals surface area contributed by atoms with E-state index in [2.05, 4.69) is 15.2 Å². The van der Waals surface area contributed by atoms with E-state index in [9.17, 15) is 9.59 Å². The first-order valence-corrected chi connectivity index (χ1v) is 8.34. The average molecular weight is 334 g/mol. The molecule has 126 valence electrons. The maximum absolute atomic E-state index is 12.9. The number of nitrogens with one attached hydrogen (secondary N) is 1. The maximum Gasteiger partial charge on any atom is 0.272 e. The van der Waals surface area contributed by atoms with Crippen molar-refractivity contribution in [3.05, 3.63) is 69.9 Å². The van der Waals surface area contributed by atoms with Gasteiger partial charge >= 0.3 is 0 Å². The van der Waals surface area contributed by atoms with Crippen LogP contribution in [0.2, 0.25) is 0 Å². The number of carbonyl (C=O) groups is 1. The Hall–Kier alpha value is -3.02. The summed E-state index contributed by atoms with van der Waals surface area (Å²) in [5.41, 5.74) is 2.52. The Kier molecular flexibility index (Phi) is 3.80. The molecule has 1 atom stereocenters. The van der Waals surface area contributed by atoms with Crippen LogP contribution in [0.1, 0.15) is 29.9 Å². The summed E-state index contributed by atoms with van der Waals surface area (Å²) >= 11 is 0. The summed E-state index contributed by atoms with van der Waals surface area (Å²) in [5, 5.41) is 7.89. The first kappa shape index (κ1) is 15.5. The topological polar surface area (TPSA) is 79.0 Å². The number of hydrogen-bond acceptors (Lipinski definition) is 4. The van der Waals surface area contributed by atoms with Gasteiger partial charge in [-0.25, -0.2) is 5.10 Å². The Morgan fingerprint density at radius 3 is 2.88 bits per heavy atom. The molecule has 6 heteroatoms. The molecule has 0 saturated carbocycles. The van der Waals surface area contributed by atoms with Crippen LogP contribution in [-0.4, -0.2) is 32.5 Å². The van der Waals surface area contributed by atoms with Gasteiger partial charge in [0.1, 0.15) is 0 Å². The van der Waals surface area contributed by atoms with Gasteiger partial charge in [-0.3, -0.25) is 14.6 Å². The molecule has 0 spiro atoms. The molecule has 0 saturated heterocycles. The zero-order valence-corrected chi connectivity index (χ0v) is 13.9. The van der Waals surface area contributed by atoms with Crippen molar-refractivity contribution in [1.82, 2.24) is 20.1 Å². The van der Waals surface area contributed by atoms with Gasteiger partial charge in [-0.1, -0.05) is 24.3 Å². The molecule has 0 aliphatic carbocycles. The summed E-state index contributed by atoms with van der Waals surface area (Å²) < 4.78 is 0. The molecule has 6 nitrogen and oxygen atoms in total. The second-order valence-electron chi connectivity index (χ2n) is 6.27. The van der Waals surface area contributed by atoms with Crippen molar-refractivity contribution >= 4 is 16.7 Å². The van der Waals surface area contributed by atoms with Crippen LogP contribution in [0.3, 0.4) is 0 Å². The van der Waals surface area contributed by atoms with Crippen LogP contribution in [-0.2, 0) is 17.6 Å². The number of amides is 1. The number of fused-ring (bicyclic) bond motifs is 2. The van der Waals surface area contributed by atoms with E-state index < -0.39 is 0 Å². The molecule has 3 aromatic rings. The van der Waals surface area contributed by atoms with Crippen LogP contribution in [0, 0.1) is 0 Å². The highest BCUT2D eigenvalue weighted by Gasteiger charge is 2.28. The van der Waals surface area contributed by atoms with Crippen molar-refractivity contribution in [1.29, 1.82) is 0 Å². The van der Waals surface area contributed by atoms with E-state index in [0.29, 0.717) is 17.6 Å². The maximum atomic E-state index is 12.9. The van der Waals surface area contributed by atoms with Gasteiger partial charge in [0.2, 0.25) is 5.91 Å². The minimum atomic E-state index is -0.238. The van der Waals surface area contributed by atoms with Gasteiger partial charge < -0.3 is 4.90 Å². The number of H-pyrrole nitrogens is 1. The molecule has 1 amide bonds. The fourth-order valence-corrected chi connectivity index (χ4v) is 3.52. The van der Waals surface area contributed by atoms with Crippen LogP contribution in [0.25, 0.3) is 10.8 Å². The predicted molar refractivity (Wildman–Crippen MR) is 94.1 cm³/mol. The van der Waals surface area contributed by atoms with Gasteiger partial charge in [0.25, 0.3) is 5.56 Å². The molecule has 1 unspecified atom stereocenters. The van der Waals surface area contributed by atoms with Crippen LogP contribution in [0.4, 0.5) is 0 Å². The third-order valence-corrected chi connectivity index (χ3v) is 4.85. The van der Waals surface area contributed by atoms with Gasteiger partial charge in [0.05, 0.1) is 23.5 Å². The number of aromatic amines is 1. The smallest absolute Gasteiger partial charge is 0.272 e. The molecule has 0 bridgehead atoms. The van der Waals surface area contributed by atoms with E-state index in [1.807, 2.05) is 36.1 Å². The van der Waals surface area contributed by atoms with Crippen LogP contribution in [0.15, 0.2) is 47.4 Å². The summed E-state index contributed by atoms with van der Waals surface area (Å²) in [7, 11) is 0. The average Bonchev–Trinajstić information content (AvgIpc) is 2.65. The normalized spacial score (nSPS) is 16.7. The zero-order chi connectivity index (χ0) is 17.4. The quantitative estimate of drug-likeness (QED) is 0.777. The monoisotopic (exact) mass is 334 g/mol. The molecule has 1 aromatic carbocycles. The predicted octanol–water partition coefficient (Wildman–Crippen LogP) is 2.01. The molecule has 2 aromatic heterocycles. The highest BCUT2D eigenvalue weighted by atomic mass is 16.2. The Morgan fingerprint density at radius 1 is 1.24 bits per heavy atom. The number of carbonyl (C=O) groups excluding carboxylic acids is 1. The Morgan fingerprint density at radius 2 is 2.04 bits per heavy atom. The number of rotatable bonds is 2. The molecule has 1 N–H and O–H groups in total. The van der Waals surface area contributed by atoms with E-state index in [1.54, 1.807) is 18.3 Å². The second-order valence-corrected chi connectivity index (χ2v) is 6.27. The Labute approximate surface area is 144 Å². The molecule has 3 heterocycles. The second kappa shape index (κ2) is 6.12. The van der Waals surface area contributed by atoms with Crippen molar-refractivity contribution in [2.24, 2.45) is 0 Å². The number of hydrogen-bond donors (Lipinski definition) is 1. The van der Waals surface area contributed by atoms with Gasteiger partial charge in [-0.15, -0.1) is 0 Å². The largest absolute Gasteiger partial charge is 0.335 e. The van der Waals surface area contributed by atoms with Gasteiger partial charge in [-0.2, -0.15) is 5.10 Å². The lowest BCUT2D eigenvalue weighted by Crippen LogP contribution is -2.40. The van der Waals surface area contributed by atoms with Gasteiger partial charge in [-0.05, 0) is 24.6 Å². The molecule has 25 heavy (non-hydrogen) atoms. The van der Waals surface area contributed by atoms with Crippen molar-refractivity contribution in [2.75, 3.05) is 6.54 Å². The van der Waals surface area contributed by atoms with Crippen molar-refractivity contribution in [3.63, 3.8) is 0 Å². The molecule has 0 radical (unpaired) electrons. The number of nitrogens with zero attached hydrogens (tertiary/aromatic N) is 3. The van der Waals surface area contributed by atoms with E-state index in [1.165, 1.54) is 0 Å². The summed E-state index contributed by atoms with van der Waals surface area (Å²) in [5.74, 6) is 0.00621. The first-order chi connectivity index (χ1) is 12.1. The van der Waals surface area contributed by atoms with Crippen LogP contribution >= 0.6 is 0 Å². The third kappa shape index (κ3) is 2.69. The lowest BCUT2D eigenvalue weighted by atomic mass is 9.97. The SMILES string of the molecule is CC1c2cccnc2CCN1C(=O)Cc1n[nH]c(=O)c2ccccc12. The molecular weight excluding hydrogens is 316 g/mol. The lowest BCUT2D eigenvalue weighted by Gasteiger charge is -2.34. The van der Waals surface area contributed by atoms with E-state index in [0.717, 1.165) is 23.1 Å². The number of pyridine rings is 1. The lowest BCUT2D eigenvalue weighted by molar-refractivity contribution is -0.133. The number of benzene rings is 1. The molecule has 4 rings (SSSR count). The minimum Gasteiger partial charge on any atom is -0.335 e. The van der Waals surface area contributed by atoms with E-state index in [4.69, 9.17) is 0 Å². The highest BCUT2D eigenvalue weighted by molar-refractivity contribution is 5.88. The van der Waals surface area contributed by atoms with E-state index in [-0.39, 0.29) is 23.9 Å². The fraction of sp³-hybridized carbons (Fsp3) is 0.263. The standard InChI is InChI=1S/C19H18N4O2/c1-12-13-7-4-9-20-16(13)8-10-23(12)18(24)11-17-14-5-2-3-6-15(14)19(25)22-21-17/h2-7,9,12H,8,10-11H2,1H3,(H,22,25). The summed E-state index contributed by atoms with van der Waals surface area (Å²) in [4.78, 5) is 31.1. The molecular formula is C19H18N4O2. The van der Waals surface area contributed by atoms with Gasteiger partial charge in [0.15, 0.2) is 0 Å². The third-order valence-electron chi connectivity index (χ3n) is 4.85. The first-order valence-electron chi connectivity index (χ1n) is 8.34. The van der Waals surface area contributed by atoms with Gasteiger partial charge in [0, 0.05) is 30.2 Å². The highest BCUT2D eigenvalue weighted by Crippen LogP contribution is 2.28. The Balaban J connectivity index is 1.64. The molecule has 0 fully saturated rings. The summed E-state index contributed by atoms with van der Waals surface area (Å²) in [6.07, 6.45) is 2.71. The van der Waals surface area contributed by atoms with Crippen molar-refractivity contribution in [2.45, 2.75) is 25.8 Å². The Bertz CT molecular complexity index is 1010. The fourth-order valence-electron chi connectivity index (χ4n) is 3.52. The number of aromatic nitrogens is 3. The molecule has 1 aliphatic heterocycles. The summed E-state index contributed by atoms with van der Waals surface area (Å²) in [6, 6.07) is 11.1.